The summed E-state index contributed by atoms with van der Waals surface area (Å²) in [5, 5.41) is 9.86. The molecule has 0 aliphatic carbocycles. The second-order valence-corrected chi connectivity index (χ2v) is 3.80. The van der Waals surface area contributed by atoms with E-state index in [4.69, 9.17) is 9.47 Å². The van der Waals surface area contributed by atoms with Gasteiger partial charge in [-0.1, -0.05) is 13.8 Å². The van der Waals surface area contributed by atoms with Gasteiger partial charge >= 0.3 is 0 Å². The third kappa shape index (κ3) is 1.08. The summed E-state index contributed by atoms with van der Waals surface area (Å²) in [4.78, 5) is 0. The van der Waals surface area contributed by atoms with E-state index < -0.39 is 0 Å². The molecule has 0 aromatic carbocycles. The van der Waals surface area contributed by atoms with Gasteiger partial charge in [0, 0.05) is 11.8 Å². The molecule has 0 spiro atoms. The van der Waals surface area contributed by atoms with Gasteiger partial charge in [-0.3, -0.25) is 0 Å². The summed E-state index contributed by atoms with van der Waals surface area (Å²) in [6.45, 7) is 4.74. The van der Waals surface area contributed by atoms with Crippen LogP contribution in [0.2, 0.25) is 0 Å². The number of rotatable bonds is 1. The quantitative estimate of drug-likeness (QED) is 0.634. The highest BCUT2D eigenvalue weighted by Gasteiger charge is 2.46. The van der Waals surface area contributed by atoms with E-state index in [1.165, 1.54) is 0 Å². The first kappa shape index (κ1) is 8.48. The van der Waals surface area contributed by atoms with Gasteiger partial charge in [-0.05, 0) is 6.42 Å². The summed E-state index contributed by atoms with van der Waals surface area (Å²) in [5.41, 5.74) is 0. The number of hydrogen-bond acceptors (Lipinski definition) is 3. The standard InChI is InChI=1S/C9H16O3/c1-3-6-8(10)5(2)7-4-11-9(6)12-7/h5-10H,3-4H2,1-2H3. The molecular formula is C9H16O3. The SMILES string of the molecule is CCC1C2OCC(O2)C(C)C1O. The average Bonchev–Trinajstić information content (AvgIpc) is 2.49. The lowest BCUT2D eigenvalue weighted by atomic mass is 9.85. The Morgan fingerprint density at radius 1 is 1.50 bits per heavy atom. The van der Waals surface area contributed by atoms with Crippen molar-refractivity contribution in [3.63, 3.8) is 0 Å². The predicted octanol–water partition coefficient (Wildman–Crippen LogP) is 0.765. The van der Waals surface area contributed by atoms with Gasteiger partial charge in [-0.25, -0.2) is 0 Å². The molecule has 1 N–H and O–H groups in total. The Morgan fingerprint density at radius 3 is 2.92 bits per heavy atom. The summed E-state index contributed by atoms with van der Waals surface area (Å²) < 4.78 is 11.0. The van der Waals surface area contributed by atoms with Gasteiger partial charge in [-0.2, -0.15) is 0 Å². The molecule has 0 aromatic rings. The molecule has 2 fully saturated rings. The lowest BCUT2D eigenvalue weighted by molar-refractivity contribution is -0.181. The number of aliphatic hydroxyl groups is 1. The molecule has 0 amide bonds. The van der Waals surface area contributed by atoms with E-state index in [0.29, 0.717) is 6.61 Å². The highest BCUT2D eigenvalue weighted by Crippen LogP contribution is 2.37. The van der Waals surface area contributed by atoms with Crippen molar-refractivity contribution in [3.05, 3.63) is 0 Å². The van der Waals surface area contributed by atoms with Crippen LogP contribution in [0.25, 0.3) is 0 Å². The van der Waals surface area contributed by atoms with Crippen LogP contribution in [-0.2, 0) is 9.47 Å². The van der Waals surface area contributed by atoms with E-state index in [1.807, 2.05) is 6.92 Å². The molecule has 0 radical (unpaired) electrons. The highest BCUT2D eigenvalue weighted by molar-refractivity contribution is 4.89. The van der Waals surface area contributed by atoms with Gasteiger partial charge in [0.15, 0.2) is 6.29 Å². The molecule has 2 aliphatic rings. The first-order valence-electron chi connectivity index (χ1n) is 4.69. The average molecular weight is 172 g/mol. The Balaban J connectivity index is 2.14. The third-order valence-corrected chi connectivity index (χ3v) is 3.12. The Hall–Kier alpha value is -0.120. The highest BCUT2D eigenvalue weighted by atomic mass is 16.7. The van der Waals surface area contributed by atoms with Crippen LogP contribution in [0.5, 0.6) is 0 Å². The van der Waals surface area contributed by atoms with Crippen molar-refractivity contribution in [2.75, 3.05) is 6.61 Å². The molecular weight excluding hydrogens is 156 g/mol. The van der Waals surface area contributed by atoms with Gasteiger partial charge in [0.2, 0.25) is 0 Å². The van der Waals surface area contributed by atoms with Crippen LogP contribution >= 0.6 is 0 Å². The topological polar surface area (TPSA) is 38.7 Å². The van der Waals surface area contributed by atoms with Crippen molar-refractivity contribution in [1.29, 1.82) is 0 Å². The smallest absolute Gasteiger partial charge is 0.163 e. The maximum atomic E-state index is 9.86. The summed E-state index contributed by atoms with van der Waals surface area (Å²) in [5.74, 6) is 0.382. The molecule has 2 aliphatic heterocycles. The van der Waals surface area contributed by atoms with E-state index in [-0.39, 0.29) is 30.3 Å². The fraction of sp³-hybridized carbons (Fsp3) is 1.00. The number of aliphatic hydroxyl groups excluding tert-OH is 1. The van der Waals surface area contributed by atoms with E-state index in [0.717, 1.165) is 6.42 Å². The molecule has 2 rings (SSSR count). The molecule has 0 saturated carbocycles. The summed E-state index contributed by atoms with van der Waals surface area (Å²) >= 11 is 0. The van der Waals surface area contributed by atoms with E-state index in [9.17, 15) is 5.11 Å². The predicted molar refractivity (Wildman–Crippen MR) is 43.6 cm³/mol. The van der Waals surface area contributed by atoms with E-state index >= 15 is 0 Å². The zero-order valence-electron chi connectivity index (χ0n) is 7.56. The summed E-state index contributed by atoms with van der Waals surface area (Å²) in [7, 11) is 0. The van der Waals surface area contributed by atoms with E-state index in [2.05, 4.69) is 6.92 Å². The van der Waals surface area contributed by atoms with Gasteiger partial charge in [0.25, 0.3) is 0 Å². The Bertz CT molecular complexity index is 171. The fourth-order valence-corrected chi connectivity index (χ4v) is 2.15. The van der Waals surface area contributed by atoms with Crippen molar-refractivity contribution < 1.29 is 14.6 Å². The van der Waals surface area contributed by atoms with Crippen molar-refractivity contribution >= 4 is 0 Å². The van der Waals surface area contributed by atoms with Crippen molar-refractivity contribution in [3.8, 4) is 0 Å². The van der Waals surface area contributed by atoms with E-state index in [1.54, 1.807) is 0 Å². The molecule has 3 heteroatoms. The first-order chi connectivity index (χ1) is 5.74. The zero-order chi connectivity index (χ0) is 8.72. The van der Waals surface area contributed by atoms with Crippen molar-refractivity contribution in [1.82, 2.24) is 0 Å². The Kier molecular flexibility index (Phi) is 2.10. The van der Waals surface area contributed by atoms with Gasteiger partial charge in [-0.15, -0.1) is 0 Å². The Morgan fingerprint density at radius 2 is 2.25 bits per heavy atom. The van der Waals surface area contributed by atoms with Crippen LogP contribution in [0.15, 0.2) is 0 Å². The van der Waals surface area contributed by atoms with Crippen LogP contribution in [0.1, 0.15) is 20.3 Å². The number of hydrogen-bond donors (Lipinski definition) is 1. The minimum Gasteiger partial charge on any atom is -0.392 e. The van der Waals surface area contributed by atoms with Crippen LogP contribution in [0, 0.1) is 11.8 Å². The summed E-state index contributed by atoms with van der Waals surface area (Å²) in [6.07, 6.45) is 0.642. The zero-order valence-corrected chi connectivity index (χ0v) is 7.56. The molecule has 70 valence electrons. The van der Waals surface area contributed by atoms with Crippen LogP contribution in [-0.4, -0.2) is 30.2 Å². The van der Waals surface area contributed by atoms with Crippen LogP contribution in [0.4, 0.5) is 0 Å². The monoisotopic (exact) mass is 172 g/mol. The second-order valence-electron chi connectivity index (χ2n) is 3.80. The number of fused-ring (bicyclic) bond motifs is 2. The maximum absolute atomic E-state index is 9.86. The largest absolute Gasteiger partial charge is 0.392 e. The van der Waals surface area contributed by atoms with Gasteiger partial charge in [0.05, 0.1) is 18.8 Å². The fourth-order valence-electron chi connectivity index (χ4n) is 2.15. The Labute approximate surface area is 72.7 Å². The molecule has 2 heterocycles. The molecule has 0 aromatic heterocycles. The van der Waals surface area contributed by atoms with Crippen LogP contribution < -0.4 is 0 Å². The minimum atomic E-state index is -0.249. The molecule has 5 atom stereocenters. The van der Waals surface area contributed by atoms with Crippen molar-refractivity contribution in [2.24, 2.45) is 11.8 Å². The van der Waals surface area contributed by atoms with Crippen molar-refractivity contribution in [2.45, 2.75) is 38.8 Å². The lowest BCUT2D eigenvalue weighted by Gasteiger charge is -2.36. The molecule has 5 unspecified atom stereocenters. The second kappa shape index (κ2) is 2.98. The normalized spacial score (nSPS) is 52.8. The molecule has 2 saturated heterocycles. The molecule has 12 heavy (non-hydrogen) atoms. The molecule has 3 nitrogen and oxygen atoms in total. The number of ether oxygens (including phenoxy) is 2. The first-order valence-corrected chi connectivity index (χ1v) is 4.69. The van der Waals surface area contributed by atoms with Gasteiger partial charge < -0.3 is 14.6 Å². The summed E-state index contributed by atoms with van der Waals surface area (Å²) in [6, 6.07) is 0. The minimum absolute atomic E-state index is 0.118. The third-order valence-electron chi connectivity index (χ3n) is 3.12. The van der Waals surface area contributed by atoms with Gasteiger partial charge in [0.1, 0.15) is 0 Å². The molecule has 2 bridgehead atoms. The lowest BCUT2D eigenvalue weighted by Crippen LogP contribution is -2.45. The van der Waals surface area contributed by atoms with Crippen LogP contribution in [0.3, 0.4) is 0 Å². The maximum Gasteiger partial charge on any atom is 0.163 e.